The van der Waals surface area contributed by atoms with Crippen molar-refractivity contribution in [1.82, 2.24) is 0 Å². The molecule has 3 aliphatic heterocycles. The minimum absolute atomic E-state index is 0.332. The highest BCUT2D eigenvalue weighted by Gasteiger charge is 2.75. The summed E-state index contributed by atoms with van der Waals surface area (Å²) in [6.07, 6.45) is -6.47. The highest BCUT2D eigenvalue weighted by Crippen LogP contribution is 2.59. The Morgan fingerprint density at radius 3 is 2.40 bits per heavy atom. The topological polar surface area (TPSA) is 162 Å². The molecule has 2 saturated heterocycles. The molecule has 4 rings (SSSR count). The summed E-state index contributed by atoms with van der Waals surface area (Å²) >= 11 is 0. The lowest BCUT2D eigenvalue weighted by molar-refractivity contribution is -0.344. The van der Waals surface area contributed by atoms with Gasteiger partial charge >= 0.3 is 0 Å². The van der Waals surface area contributed by atoms with E-state index < -0.39 is 67.3 Å². The number of aliphatic hydroxyl groups excluding tert-OH is 6. The van der Waals surface area contributed by atoms with Gasteiger partial charge in [0.25, 0.3) is 0 Å². The Labute approximate surface area is 142 Å². The van der Waals surface area contributed by atoms with Crippen molar-refractivity contribution < 1.29 is 49.6 Å². The van der Waals surface area contributed by atoms with Crippen LogP contribution in [0.3, 0.4) is 0 Å². The summed E-state index contributed by atoms with van der Waals surface area (Å²) in [5.41, 5.74) is -0.992. The second kappa shape index (κ2) is 6.12. The molecule has 1 saturated carbocycles. The van der Waals surface area contributed by atoms with Crippen LogP contribution in [-0.4, -0.2) is 98.7 Å². The van der Waals surface area contributed by atoms with Gasteiger partial charge in [-0.25, -0.2) is 0 Å². The molecule has 0 aromatic rings. The van der Waals surface area contributed by atoms with Crippen LogP contribution < -0.4 is 0 Å². The third kappa shape index (κ3) is 2.45. The number of rotatable bonds is 4. The average Bonchev–Trinajstić information content (AvgIpc) is 3.31. The summed E-state index contributed by atoms with van der Waals surface area (Å²) in [7, 11) is 0. The Bertz CT molecular complexity index is 540. The van der Waals surface area contributed by atoms with Crippen LogP contribution in [0.2, 0.25) is 0 Å². The van der Waals surface area contributed by atoms with Gasteiger partial charge in [0.2, 0.25) is 6.29 Å². The van der Waals surface area contributed by atoms with Gasteiger partial charge in [-0.2, -0.15) is 0 Å². The maximum Gasteiger partial charge on any atom is 0.208 e. The SMILES string of the molecule is OC[C@@H]1O[C@H](O[C@@H]2OC=C[C@H]3[C@H](O)[C@@H]4O[C@]4(CO)[C@H]23)[C@@H](O)[C@H](O)[C@H]1O. The zero-order chi connectivity index (χ0) is 17.9. The van der Waals surface area contributed by atoms with Crippen LogP contribution in [0, 0.1) is 11.8 Å². The van der Waals surface area contributed by atoms with E-state index in [4.69, 9.17) is 18.9 Å². The quantitative estimate of drug-likeness (QED) is 0.276. The van der Waals surface area contributed by atoms with Crippen molar-refractivity contribution in [3.63, 3.8) is 0 Å². The van der Waals surface area contributed by atoms with Gasteiger partial charge in [0.05, 0.1) is 31.5 Å². The average molecular weight is 362 g/mol. The van der Waals surface area contributed by atoms with E-state index >= 15 is 0 Å². The van der Waals surface area contributed by atoms with Gasteiger partial charge in [-0.3, -0.25) is 0 Å². The molecule has 25 heavy (non-hydrogen) atoms. The van der Waals surface area contributed by atoms with Crippen LogP contribution in [0.4, 0.5) is 0 Å². The lowest BCUT2D eigenvalue weighted by atomic mass is 9.85. The Morgan fingerprint density at radius 1 is 0.960 bits per heavy atom. The predicted octanol–water partition coefficient (Wildman–Crippen LogP) is -3.59. The lowest BCUT2D eigenvalue weighted by Gasteiger charge is -2.43. The normalized spacial score (nSPS) is 56.9. The molecule has 3 fully saturated rings. The number of epoxide rings is 1. The molecule has 3 heterocycles. The first-order valence-electron chi connectivity index (χ1n) is 8.19. The highest BCUT2D eigenvalue weighted by molar-refractivity contribution is 5.24. The van der Waals surface area contributed by atoms with Crippen LogP contribution in [0.1, 0.15) is 0 Å². The minimum atomic E-state index is -1.57. The Kier molecular flexibility index (Phi) is 4.30. The molecule has 10 heteroatoms. The standard InChI is InChI=1S/C15H22O10/c16-3-6-9(19)10(20)11(21)14(23-6)24-13-7-5(1-2-22-13)8(18)12-15(7,4-17)25-12/h1-2,5-14,16-21H,3-4H2/t5-,6+,7+,8+,9+,10-,11+,12+,13+,14-,15-/m1/s1. The van der Waals surface area contributed by atoms with Crippen molar-refractivity contribution >= 4 is 0 Å². The van der Waals surface area contributed by atoms with E-state index in [1.807, 2.05) is 0 Å². The molecule has 4 aliphatic rings. The Hall–Kier alpha value is -0.820. The summed E-state index contributed by atoms with van der Waals surface area (Å²) in [6, 6.07) is 0. The fourth-order valence-corrected chi connectivity index (χ4v) is 4.17. The van der Waals surface area contributed by atoms with Crippen LogP contribution in [0.5, 0.6) is 0 Å². The highest BCUT2D eigenvalue weighted by atomic mass is 16.8. The van der Waals surface area contributed by atoms with E-state index in [0.29, 0.717) is 0 Å². The number of fused-ring (bicyclic) bond motifs is 3. The van der Waals surface area contributed by atoms with Crippen molar-refractivity contribution in [2.75, 3.05) is 13.2 Å². The summed E-state index contributed by atoms with van der Waals surface area (Å²) < 4.78 is 21.9. The second-order valence-corrected chi connectivity index (χ2v) is 6.91. The molecular weight excluding hydrogens is 340 g/mol. The molecule has 142 valence electrons. The fourth-order valence-electron chi connectivity index (χ4n) is 4.17. The molecule has 0 bridgehead atoms. The van der Waals surface area contributed by atoms with Gasteiger partial charge in [0, 0.05) is 5.92 Å². The maximum atomic E-state index is 10.3. The number of hydrogen-bond acceptors (Lipinski definition) is 10. The molecule has 0 spiro atoms. The van der Waals surface area contributed by atoms with Gasteiger partial charge < -0.3 is 49.6 Å². The van der Waals surface area contributed by atoms with Crippen LogP contribution >= 0.6 is 0 Å². The van der Waals surface area contributed by atoms with Gasteiger partial charge in [-0.05, 0) is 6.08 Å². The molecule has 1 aliphatic carbocycles. The van der Waals surface area contributed by atoms with E-state index in [2.05, 4.69) is 0 Å². The first-order chi connectivity index (χ1) is 11.9. The van der Waals surface area contributed by atoms with Gasteiger partial charge in [-0.1, -0.05) is 0 Å². The minimum Gasteiger partial charge on any atom is -0.472 e. The third-order valence-electron chi connectivity index (χ3n) is 5.62. The van der Waals surface area contributed by atoms with Crippen molar-refractivity contribution in [2.24, 2.45) is 11.8 Å². The van der Waals surface area contributed by atoms with E-state index in [0.717, 1.165) is 0 Å². The number of aliphatic hydroxyl groups is 6. The predicted molar refractivity (Wildman–Crippen MR) is 76.5 cm³/mol. The molecule has 0 aromatic heterocycles. The summed E-state index contributed by atoms with van der Waals surface area (Å²) in [5.74, 6) is -0.913. The van der Waals surface area contributed by atoms with Crippen LogP contribution in [-0.2, 0) is 18.9 Å². The largest absolute Gasteiger partial charge is 0.472 e. The van der Waals surface area contributed by atoms with Gasteiger partial charge in [0.1, 0.15) is 36.1 Å². The molecule has 0 radical (unpaired) electrons. The molecule has 0 unspecified atom stereocenters. The summed E-state index contributed by atoms with van der Waals surface area (Å²) in [4.78, 5) is 0. The molecule has 0 aromatic carbocycles. The molecular formula is C15H22O10. The monoisotopic (exact) mass is 362 g/mol. The van der Waals surface area contributed by atoms with E-state index in [-0.39, 0.29) is 12.5 Å². The molecule has 10 nitrogen and oxygen atoms in total. The number of ether oxygens (including phenoxy) is 4. The first-order valence-corrected chi connectivity index (χ1v) is 8.19. The first kappa shape index (κ1) is 17.6. The maximum absolute atomic E-state index is 10.3. The molecule has 0 amide bonds. The zero-order valence-electron chi connectivity index (χ0n) is 13.2. The van der Waals surface area contributed by atoms with E-state index in [1.54, 1.807) is 6.08 Å². The van der Waals surface area contributed by atoms with E-state index in [9.17, 15) is 30.6 Å². The zero-order valence-corrected chi connectivity index (χ0v) is 13.2. The fraction of sp³-hybridized carbons (Fsp3) is 0.867. The van der Waals surface area contributed by atoms with Gasteiger partial charge in [-0.15, -0.1) is 0 Å². The Balaban J connectivity index is 1.53. The molecule has 11 atom stereocenters. The van der Waals surface area contributed by atoms with Crippen molar-refractivity contribution in [2.45, 2.75) is 54.8 Å². The Morgan fingerprint density at radius 2 is 1.72 bits per heavy atom. The van der Waals surface area contributed by atoms with Crippen molar-refractivity contribution in [3.8, 4) is 0 Å². The third-order valence-corrected chi connectivity index (χ3v) is 5.62. The van der Waals surface area contributed by atoms with Gasteiger partial charge in [0.15, 0.2) is 6.29 Å². The molecule has 6 N–H and O–H groups in total. The second-order valence-electron chi connectivity index (χ2n) is 6.91. The van der Waals surface area contributed by atoms with Crippen molar-refractivity contribution in [1.29, 1.82) is 0 Å². The van der Waals surface area contributed by atoms with Crippen molar-refractivity contribution in [3.05, 3.63) is 12.3 Å². The van der Waals surface area contributed by atoms with Crippen LogP contribution in [0.15, 0.2) is 12.3 Å². The number of hydrogen-bond donors (Lipinski definition) is 6. The summed E-state index contributed by atoms with van der Waals surface area (Å²) in [6.45, 7) is -0.908. The lowest BCUT2D eigenvalue weighted by Crippen LogP contribution is -2.60. The van der Waals surface area contributed by atoms with E-state index in [1.165, 1.54) is 6.26 Å². The van der Waals surface area contributed by atoms with Crippen LogP contribution in [0.25, 0.3) is 0 Å². The smallest absolute Gasteiger partial charge is 0.208 e. The summed E-state index contributed by atoms with van der Waals surface area (Å²) in [5, 5.41) is 59.0.